The molecule has 0 bridgehead atoms. The lowest BCUT2D eigenvalue weighted by Gasteiger charge is -2.03. The first-order valence-corrected chi connectivity index (χ1v) is 11.1. The standard InChI is InChI=1S/C19H36O2.C4H10O/c1-3-5-6-7-8-9-10-11-12-13-14-15-16-17-18-21-19(20)4-2;1-3-5-4-2/h4H,2-3,5-18H2,1H3;3-4H2,1-2H3. The van der Waals surface area contributed by atoms with E-state index in [-0.39, 0.29) is 5.97 Å². The summed E-state index contributed by atoms with van der Waals surface area (Å²) in [5.41, 5.74) is 0. The van der Waals surface area contributed by atoms with Gasteiger partial charge in [0.25, 0.3) is 0 Å². The van der Waals surface area contributed by atoms with Crippen molar-refractivity contribution < 1.29 is 14.3 Å². The molecule has 0 unspecified atom stereocenters. The molecule has 0 spiro atoms. The summed E-state index contributed by atoms with van der Waals surface area (Å²) in [5, 5.41) is 0. The van der Waals surface area contributed by atoms with Gasteiger partial charge in [-0.2, -0.15) is 0 Å². The van der Waals surface area contributed by atoms with Crippen molar-refractivity contribution in [3.8, 4) is 0 Å². The van der Waals surface area contributed by atoms with Crippen LogP contribution in [0.2, 0.25) is 0 Å². The number of carbonyl (C=O) groups is 1. The molecule has 0 saturated heterocycles. The number of unbranched alkanes of at least 4 members (excludes halogenated alkanes) is 13. The minimum absolute atomic E-state index is 0.301. The van der Waals surface area contributed by atoms with Gasteiger partial charge in [0.2, 0.25) is 0 Å². The Labute approximate surface area is 163 Å². The number of carbonyl (C=O) groups excluding carboxylic acids is 1. The van der Waals surface area contributed by atoms with E-state index >= 15 is 0 Å². The SMILES string of the molecule is C=CC(=O)OCCCCCCCCCCCCCCCC.CCOCC. The van der Waals surface area contributed by atoms with Crippen molar-refractivity contribution in [2.75, 3.05) is 19.8 Å². The van der Waals surface area contributed by atoms with Gasteiger partial charge in [-0.1, -0.05) is 97.0 Å². The van der Waals surface area contributed by atoms with E-state index in [1.165, 1.54) is 89.5 Å². The summed E-state index contributed by atoms with van der Waals surface area (Å²) in [5.74, 6) is -0.301. The van der Waals surface area contributed by atoms with Gasteiger partial charge in [-0.15, -0.1) is 0 Å². The number of hydrogen-bond acceptors (Lipinski definition) is 3. The Morgan fingerprint density at radius 2 is 1.08 bits per heavy atom. The van der Waals surface area contributed by atoms with Gasteiger partial charge in [-0.3, -0.25) is 0 Å². The molecule has 0 rings (SSSR count). The first kappa shape index (κ1) is 27.4. The van der Waals surface area contributed by atoms with Gasteiger partial charge in [-0.05, 0) is 20.3 Å². The lowest BCUT2D eigenvalue weighted by Crippen LogP contribution is -2.01. The zero-order valence-corrected chi connectivity index (χ0v) is 18.0. The molecule has 26 heavy (non-hydrogen) atoms. The molecule has 0 aromatic heterocycles. The normalized spacial score (nSPS) is 10.1. The van der Waals surface area contributed by atoms with Crippen LogP contribution >= 0.6 is 0 Å². The molecule has 0 saturated carbocycles. The van der Waals surface area contributed by atoms with Crippen molar-refractivity contribution in [2.45, 2.75) is 111 Å². The molecule has 0 aromatic rings. The van der Waals surface area contributed by atoms with Crippen molar-refractivity contribution in [1.29, 1.82) is 0 Å². The van der Waals surface area contributed by atoms with Crippen LogP contribution in [0.4, 0.5) is 0 Å². The largest absolute Gasteiger partial charge is 0.463 e. The number of rotatable bonds is 18. The fraction of sp³-hybridized carbons (Fsp3) is 0.870. The average molecular weight is 371 g/mol. The molecule has 0 atom stereocenters. The molecule has 0 heterocycles. The molecule has 0 amide bonds. The molecule has 0 radical (unpaired) electrons. The van der Waals surface area contributed by atoms with E-state index in [0.717, 1.165) is 19.6 Å². The second kappa shape index (κ2) is 26.4. The van der Waals surface area contributed by atoms with Gasteiger partial charge in [0.05, 0.1) is 6.61 Å². The third-order valence-electron chi connectivity index (χ3n) is 4.32. The third kappa shape index (κ3) is 28.0. The van der Waals surface area contributed by atoms with E-state index in [2.05, 4.69) is 13.5 Å². The van der Waals surface area contributed by atoms with Crippen LogP contribution in [0.25, 0.3) is 0 Å². The molecule has 0 aliphatic carbocycles. The third-order valence-corrected chi connectivity index (χ3v) is 4.32. The second-order valence-electron chi connectivity index (χ2n) is 6.75. The molecule has 0 fully saturated rings. The van der Waals surface area contributed by atoms with Crippen molar-refractivity contribution in [2.24, 2.45) is 0 Å². The number of esters is 1. The highest BCUT2D eigenvalue weighted by molar-refractivity contribution is 5.81. The minimum atomic E-state index is -0.301. The molecule has 3 nitrogen and oxygen atoms in total. The van der Waals surface area contributed by atoms with Crippen LogP contribution in [0.5, 0.6) is 0 Å². The van der Waals surface area contributed by atoms with E-state index in [0.29, 0.717) is 6.61 Å². The van der Waals surface area contributed by atoms with Crippen LogP contribution < -0.4 is 0 Å². The van der Waals surface area contributed by atoms with Crippen LogP contribution in [0.3, 0.4) is 0 Å². The van der Waals surface area contributed by atoms with Gasteiger partial charge >= 0.3 is 5.97 Å². The zero-order chi connectivity index (χ0) is 19.7. The lowest BCUT2D eigenvalue weighted by molar-refractivity contribution is -0.137. The molecule has 0 aliphatic heterocycles. The average Bonchev–Trinajstić information content (AvgIpc) is 2.65. The summed E-state index contributed by atoms with van der Waals surface area (Å²) in [7, 11) is 0. The molecule has 0 aliphatic rings. The Morgan fingerprint density at radius 1 is 0.692 bits per heavy atom. The maximum Gasteiger partial charge on any atom is 0.330 e. The molecule has 0 N–H and O–H groups in total. The quantitative estimate of drug-likeness (QED) is 0.145. The van der Waals surface area contributed by atoms with Crippen LogP contribution in [0.1, 0.15) is 111 Å². The fourth-order valence-electron chi connectivity index (χ4n) is 2.73. The molecular weight excluding hydrogens is 324 g/mol. The lowest BCUT2D eigenvalue weighted by atomic mass is 10.0. The first-order chi connectivity index (χ1) is 12.7. The minimum Gasteiger partial charge on any atom is -0.463 e. The van der Waals surface area contributed by atoms with E-state index < -0.39 is 0 Å². The number of hydrogen-bond donors (Lipinski definition) is 0. The highest BCUT2D eigenvalue weighted by Gasteiger charge is 1.96. The fourth-order valence-corrected chi connectivity index (χ4v) is 2.73. The van der Waals surface area contributed by atoms with Gasteiger partial charge in [0.1, 0.15) is 0 Å². The summed E-state index contributed by atoms with van der Waals surface area (Å²) in [4.78, 5) is 10.8. The van der Waals surface area contributed by atoms with Crippen LogP contribution in [-0.4, -0.2) is 25.8 Å². The van der Waals surface area contributed by atoms with E-state index in [1.54, 1.807) is 0 Å². The van der Waals surface area contributed by atoms with Crippen molar-refractivity contribution in [3.05, 3.63) is 12.7 Å². The van der Waals surface area contributed by atoms with Crippen LogP contribution in [0.15, 0.2) is 12.7 Å². The van der Waals surface area contributed by atoms with Crippen LogP contribution in [0, 0.1) is 0 Å². The van der Waals surface area contributed by atoms with Gasteiger partial charge in [0, 0.05) is 19.3 Å². The van der Waals surface area contributed by atoms with E-state index in [1.807, 2.05) is 13.8 Å². The Hall–Kier alpha value is -0.830. The number of ether oxygens (including phenoxy) is 2. The maximum atomic E-state index is 10.8. The Morgan fingerprint density at radius 3 is 1.38 bits per heavy atom. The van der Waals surface area contributed by atoms with Gasteiger partial charge in [-0.25, -0.2) is 4.79 Å². The van der Waals surface area contributed by atoms with Gasteiger partial charge < -0.3 is 9.47 Å². The maximum absolute atomic E-state index is 10.8. The van der Waals surface area contributed by atoms with Crippen LogP contribution in [-0.2, 0) is 14.3 Å². The highest BCUT2D eigenvalue weighted by Crippen LogP contribution is 2.12. The Balaban J connectivity index is 0. The molecular formula is C23H46O3. The first-order valence-electron chi connectivity index (χ1n) is 11.1. The highest BCUT2D eigenvalue weighted by atomic mass is 16.5. The van der Waals surface area contributed by atoms with Crippen molar-refractivity contribution >= 4 is 5.97 Å². The molecule has 156 valence electrons. The Kier molecular flexibility index (Phi) is 27.8. The van der Waals surface area contributed by atoms with Crippen molar-refractivity contribution in [3.63, 3.8) is 0 Å². The predicted octanol–water partition coefficient (Wildman–Crippen LogP) is 7.24. The van der Waals surface area contributed by atoms with E-state index in [9.17, 15) is 4.79 Å². The smallest absolute Gasteiger partial charge is 0.330 e. The summed E-state index contributed by atoms with van der Waals surface area (Å²) in [6.45, 7) is 11.9. The predicted molar refractivity (Wildman–Crippen MR) is 114 cm³/mol. The zero-order valence-electron chi connectivity index (χ0n) is 18.0. The van der Waals surface area contributed by atoms with E-state index in [4.69, 9.17) is 9.47 Å². The monoisotopic (exact) mass is 370 g/mol. The Bertz CT molecular complexity index is 275. The van der Waals surface area contributed by atoms with Crippen molar-refractivity contribution in [1.82, 2.24) is 0 Å². The topological polar surface area (TPSA) is 35.5 Å². The summed E-state index contributed by atoms with van der Waals surface area (Å²) >= 11 is 0. The summed E-state index contributed by atoms with van der Waals surface area (Å²) < 4.78 is 9.77. The molecule has 0 aromatic carbocycles. The molecule has 3 heteroatoms. The second-order valence-corrected chi connectivity index (χ2v) is 6.75. The summed E-state index contributed by atoms with van der Waals surface area (Å²) in [6.07, 6.45) is 20.0. The summed E-state index contributed by atoms with van der Waals surface area (Å²) in [6, 6.07) is 0. The van der Waals surface area contributed by atoms with Gasteiger partial charge in [0.15, 0.2) is 0 Å².